The average Bonchev–Trinajstić information content (AvgIpc) is 2.98. The van der Waals surface area contributed by atoms with E-state index in [2.05, 4.69) is 0 Å². The predicted molar refractivity (Wildman–Crippen MR) is 77.7 cm³/mol. The van der Waals surface area contributed by atoms with Crippen LogP contribution in [0.1, 0.15) is 10.4 Å². The molecule has 0 spiro atoms. The maximum atomic E-state index is 10.7. The monoisotopic (exact) mass is 263 g/mol. The van der Waals surface area contributed by atoms with E-state index in [1.54, 1.807) is 12.3 Å². The topological polar surface area (TPSA) is 31.2 Å². The zero-order valence-corrected chi connectivity index (χ0v) is 10.8. The molecule has 0 amide bonds. The standard InChI is InChI=1S/C17H13NO2/c19-13-14-10-11-18(12-14)15-6-8-17(9-7-15)20-16-4-2-1-3-5-16/h1-13H. The van der Waals surface area contributed by atoms with E-state index in [4.69, 9.17) is 4.74 Å². The van der Waals surface area contributed by atoms with Gasteiger partial charge in [0.1, 0.15) is 11.5 Å². The van der Waals surface area contributed by atoms with E-state index in [9.17, 15) is 4.79 Å². The van der Waals surface area contributed by atoms with Gasteiger partial charge in [0.2, 0.25) is 0 Å². The number of para-hydroxylation sites is 1. The number of carbonyl (C=O) groups is 1. The van der Waals surface area contributed by atoms with Crippen LogP contribution in [-0.4, -0.2) is 10.9 Å². The maximum absolute atomic E-state index is 10.7. The van der Waals surface area contributed by atoms with Gasteiger partial charge in [0, 0.05) is 23.6 Å². The number of hydrogen-bond donors (Lipinski definition) is 0. The highest BCUT2D eigenvalue weighted by Gasteiger charge is 2.00. The van der Waals surface area contributed by atoms with Crippen molar-refractivity contribution in [3.8, 4) is 17.2 Å². The summed E-state index contributed by atoms with van der Waals surface area (Å²) in [5.41, 5.74) is 1.65. The lowest BCUT2D eigenvalue weighted by Gasteiger charge is -2.07. The van der Waals surface area contributed by atoms with Gasteiger partial charge >= 0.3 is 0 Å². The molecule has 0 fully saturated rings. The molecule has 2 aromatic carbocycles. The van der Waals surface area contributed by atoms with Gasteiger partial charge in [0.25, 0.3) is 0 Å². The fourth-order valence-electron chi connectivity index (χ4n) is 1.95. The van der Waals surface area contributed by atoms with Crippen LogP contribution >= 0.6 is 0 Å². The molecule has 0 saturated carbocycles. The van der Waals surface area contributed by atoms with Crippen LogP contribution in [0.15, 0.2) is 73.1 Å². The molecular formula is C17H13NO2. The normalized spacial score (nSPS) is 10.2. The Bertz CT molecular complexity index is 699. The number of nitrogens with zero attached hydrogens (tertiary/aromatic N) is 1. The van der Waals surface area contributed by atoms with Crippen molar-refractivity contribution in [3.63, 3.8) is 0 Å². The molecule has 3 nitrogen and oxygen atoms in total. The molecule has 98 valence electrons. The lowest BCUT2D eigenvalue weighted by Crippen LogP contribution is -1.90. The minimum Gasteiger partial charge on any atom is -0.457 e. The summed E-state index contributed by atoms with van der Waals surface area (Å²) in [4.78, 5) is 10.7. The van der Waals surface area contributed by atoms with Crippen molar-refractivity contribution in [3.05, 3.63) is 78.6 Å². The Labute approximate surface area is 117 Å². The molecule has 0 aliphatic heterocycles. The summed E-state index contributed by atoms with van der Waals surface area (Å²) in [6, 6.07) is 19.1. The molecule has 0 saturated heterocycles. The third-order valence-electron chi connectivity index (χ3n) is 2.97. The Kier molecular flexibility index (Phi) is 3.33. The van der Waals surface area contributed by atoms with E-state index in [0.29, 0.717) is 5.56 Å². The second kappa shape index (κ2) is 5.45. The molecule has 0 N–H and O–H groups in total. The van der Waals surface area contributed by atoms with Crippen LogP contribution in [0.3, 0.4) is 0 Å². The molecule has 3 rings (SSSR count). The van der Waals surface area contributed by atoms with Gasteiger partial charge in [-0.05, 0) is 42.5 Å². The lowest BCUT2D eigenvalue weighted by molar-refractivity contribution is 0.112. The summed E-state index contributed by atoms with van der Waals surface area (Å²) in [5, 5.41) is 0. The summed E-state index contributed by atoms with van der Waals surface area (Å²) in [6.07, 6.45) is 4.49. The fourth-order valence-corrected chi connectivity index (χ4v) is 1.95. The first-order chi connectivity index (χ1) is 9.85. The highest BCUT2D eigenvalue weighted by molar-refractivity contribution is 5.74. The molecule has 0 atom stereocenters. The zero-order chi connectivity index (χ0) is 13.8. The van der Waals surface area contributed by atoms with Crippen molar-refractivity contribution in [1.29, 1.82) is 0 Å². The van der Waals surface area contributed by atoms with Gasteiger partial charge in [0.05, 0.1) is 0 Å². The van der Waals surface area contributed by atoms with Gasteiger partial charge in [-0.2, -0.15) is 0 Å². The first kappa shape index (κ1) is 12.2. The van der Waals surface area contributed by atoms with Crippen LogP contribution in [0.4, 0.5) is 0 Å². The van der Waals surface area contributed by atoms with E-state index in [0.717, 1.165) is 23.5 Å². The van der Waals surface area contributed by atoms with Crippen LogP contribution in [-0.2, 0) is 0 Å². The highest BCUT2D eigenvalue weighted by Crippen LogP contribution is 2.22. The van der Waals surface area contributed by atoms with E-state index in [1.165, 1.54) is 0 Å². The van der Waals surface area contributed by atoms with Crippen molar-refractivity contribution in [1.82, 2.24) is 4.57 Å². The van der Waals surface area contributed by atoms with Crippen LogP contribution in [0.5, 0.6) is 11.5 Å². The molecule has 3 heteroatoms. The van der Waals surface area contributed by atoms with Crippen molar-refractivity contribution < 1.29 is 9.53 Å². The molecule has 0 aliphatic rings. The SMILES string of the molecule is O=Cc1ccn(-c2ccc(Oc3ccccc3)cc2)c1. The molecule has 0 radical (unpaired) electrons. The summed E-state index contributed by atoms with van der Waals surface area (Å²) in [7, 11) is 0. The third kappa shape index (κ3) is 2.62. The Balaban J connectivity index is 1.79. The first-order valence-electron chi connectivity index (χ1n) is 6.32. The molecule has 0 unspecified atom stereocenters. The Morgan fingerprint density at radius 3 is 2.20 bits per heavy atom. The fraction of sp³-hybridized carbons (Fsp3) is 0. The van der Waals surface area contributed by atoms with Crippen LogP contribution < -0.4 is 4.74 Å². The highest BCUT2D eigenvalue weighted by atomic mass is 16.5. The van der Waals surface area contributed by atoms with Crippen molar-refractivity contribution in [2.45, 2.75) is 0 Å². The van der Waals surface area contributed by atoms with Crippen LogP contribution in [0.2, 0.25) is 0 Å². The van der Waals surface area contributed by atoms with Crippen LogP contribution in [0.25, 0.3) is 5.69 Å². The molecule has 3 aromatic rings. The quantitative estimate of drug-likeness (QED) is 0.664. The Morgan fingerprint density at radius 1 is 0.850 bits per heavy atom. The van der Waals surface area contributed by atoms with Gasteiger partial charge < -0.3 is 9.30 Å². The summed E-state index contributed by atoms with van der Waals surface area (Å²) in [6.45, 7) is 0. The average molecular weight is 263 g/mol. The lowest BCUT2D eigenvalue weighted by atomic mass is 10.3. The smallest absolute Gasteiger partial charge is 0.151 e. The largest absolute Gasteiger partial charge is 0.457 e. The second-order valence-electron chi connectivity index (χ2n) is 4.38. The third-order valence-corrected chi connectivity index (χ3v) is 2.97. The molecule has 1 heterocycles. The summed E-state index contributed by atoms with van der Waals surface area (Å²) >= 11 is 0. The first-order valence-corrected chi connectivity index (χ1v) is 6.32. The number of carbonyl (C=O) groups excluding carboxylic acids is 1. The van der Waals surface area contributed by atoms with Gasteiger partial charge in [-0.25, -0.2) is 0 Å². The van der Waals surface area contributed by atoms with Gasteiger partial charge in [-0.1, -0.05) is 18.2 Å². The van der Waals surface area contributed by atoms with E-state index in [-0.39, 0.29) is 0 Å². The van der Waals surface area contributed by atoms with Gasteiger partial charge in [-0.15, -0.1) is 0 Å². The Hall–Kier alpha value is -2.81. The van der Waals surface area contributed by atoms with Gasteiger partial charge in [0.15, 0.2) is 6.29 Å². The number of ether oxygens (including phenoxy) is 1. The molecule has 20 heavy (non-hydrogen) atoms. The molecule has 0 aliphatic carbocycles. The molecule has 1 aromatic heterocycles. The zero-order valence-electron chi connectivity index (χ0n) is 10.8. The maximum Gasteiger partial charge on any atom is 0.151 e. The number of rotatable bonds is 4. The van der Waals surface area contributed by atoms with E-state index < -0.39 is 0 Å². The van der Waals surface area contributed by atoms with Crippen LogP contribution in [0, 0.1) is 0 Å². The summed E-state index contributed by atoms with van der Waals surface area (Å²) in [5.74, 6) is 1.59. The predicted octanol–water partition coefficient (Wildman–Crippen LogP) is 4.08. The summed E-state index contributed by atoms with van der Waals surface area (Å²) < 4.78 is 7.63. The molecular weight excluding hydrogens is 250 g/mol. The number of benzene rings is 2. The minimum absolute atomic E-state index is 0.662. The number of aldehydes is 1. The minimum atomic E-state index is 0.662. The van der Waals surface area contributed by atoms with E-state index in [1.807, 2.05) is 65.4 Å². The van der Waals surface area contributed by atoms with Crippen molar-refractivity contribution >= 4 is 6.29 Å². The Morgan fingerprint density at radius 2 is 1.55 bits per heavy atom. The van der Waals surface area contributed by atoms with Gasteiger partial charge in [-0.3, -0.25) is 4.79 Å². The van der Waals surface area contributed by atoms with Crippen molar-refractivity contribution in [2.24, 2.45) is 0 Å². The molecule has 0 bridgehead atoms. The number of aromatic nitrogens is 1. The number of hydrogen-bond acceptors (Lipinski definition) is 2. The second-order valence-corrected chi connectivity index (χ2v) is 4.38. The van der Waals surface area contributed by atoms with E-state index >= 15 is 0 Å². The van der Waals surface area contributed by atoms with Crippen molar-refractivity contribution in [2.75, 3.05) is 0 Å².